The summed E-state index contributed by atoms with van der Waals surface area (Å²) in [7, 11) is 0. The van der Waals surface area contributed by atoms with E-state index < -0.39 is 23.2 Å². The number of benzene rings is 1. The van der Waals surface area contributed by atoms with Crippen molar-refractivity contribution in [2.45, 2.75) is 20.8 Å². The van der Waals surface area contributed by atoms with Crippen LogP contribution in [0.4, 0.5) is 0 Å². The lowest BCUT2D eigenvalue weighted by Crippen LogP contribution is -2.43. The maximum absolute atomic E-state index is 11.9. The van der Waals surface area contributed by atoms with Crippen LogP contribution in [0.1, 0.15) is 20.8 Å². The van der Waals surface area contributed by atoms with E-state index in [1.165, 1.54) is 0 Å². The van der Waals surface area contributed by atoms with Crippen molar-refractivity contribution < 1.29 is 19.4 Å². The fourth-order valence-electron chi connectivity index (χ4n) is 1.84. The molecule has 0 aromatic heterocycles. The van der Waals surface area contributed by atoms with Crippen LogP contribution in [0, 0.1) is 11.3 Å². The Hall–Kier alpha value is -2.04. The van der Waals surface area contributed by atoms with Crippen molar-refractivity contribution in [2.24, 2.45) is 11.3 Å². The van der Waals surface area contributed by atoms with Gasteiger partial charge >= 0.3 is 5.97 Å². The molecule has 1 aromatic carbocycles. The minimum Gasteiger partial charge on any atom is -0.492 e. The average Bonchev–Trinajstić information content (AvgIpc) is 2.33. The Morgan fingerprint density at radius 2 is 1.85 bits per heavy atom. The fourth-order valence-corrected chi connectivity index (χ4v) is 1.84. The number of amides is 1. The van der Waals surface area contributed by atoms with E-state index in [9.17, 15) is 9.59 Å². The van der Waals surface area contributed by atoms with Gasteiger partial charge in [-0.1, -0.05) is 39.0 Å². The molecule has 1 aromatic rings. The fraction of sp³-hybridized carbons (Fsp3) is 0.467. The van der Waals surface area contributed by atoms with Crippen LogP contribution in [0.2, 0.25) is 0 Å². The first kappa shape index (κ1) is 16.0. The summed E-state index contributed by atoms with van der Waals surface area (Å²) >= 11 is 0. The minimum absolute atomic E-state index is 0.271. The molecule has 2 N–H and O–H groups in total. The Morgan fingerprint density at radius 3 is 2.35 bits per heavy atom. The monoisotopic (exact) mass is 279 g/mol. The number of ether oxygens (including phenoxy) is 1. The lowest BCUT2D eigenvalue weighted by Gasteiger charge is -2.25. The summed E-state index contributed by atoms with van der Waals surface area (Å²) in [6, 6.07) is 9.23. The number of hydrogen-bond acceptors (Lipinski definition) is 3. The number of carboxylic acids is 1. The predicted octanol–water partition coefficient (Wildman–Crippen LogP) is 1.93. The molecule has 110 valence electrons. The molecule has 0 aliphatic rings. The normalized spacial score (nSPS) is 12.6. The third-order valence-electron chi connectivity index (χ3n) is 2.79. The molecular formula is C15H21NO4. The van der Waals surface area contributed by atoms with Gasteiger partial charge in [0, 0.05) is 0 Å². The van der Waals surface area contributed by atoms with Gasteiger partial charge in [-0.05, 0) is 17.5 Å². The molecule has 1 rings (SSSR count). The number of rotatable bonds is 6. The molecule has 1 unspecified atom stereocenters. The molecule has 5 nitrogen and oxygen atoms in total. The van der Waals surface area contributed by atoms with Gasteiger partial charge in [-0.3, -0.25) is 9.59 Å². The summed E-state index contributed by atoms with van der Waals surface area (Å²) in [5.74, 6) is -1.95. The minimum atomic E-state index is -1.11. The van der Waals surface area contributed by atoms with Crippen molar-refractivity contribution in [2.75, 3.05) is 13.2 Å². The maximum atomic E-state index is 11.9. The van der Waals surface area contributed by atoms with Crippen molar-refractivity contribution in [3.63, 3.8) is 0 Å². The van der Waals surface area contributed by atoms with E-state index in [-0.39, 0.29) is 6.54 Å². The molecular weight excluding hydrogens is 258 g/mol. The molecule has 5 heteroatoms. The first-order valence-corrected chi connectivity index (χ1v) is 6.50. The van der Waals surface area contributed by atoms with E-state index in [0.29, 0.717) is 12.4 Å². The van der Waals surface area contributed by atoms with Crippen LogP contribution in [0.15, 0.2) is 30.3 Å². The molecule has 0 radical (unpaired) electrons. The lowest BCUT2D eigenvalue weighted by atomic mass is 9.80. The maximum Gasteiger partial charge on any atom is 0.316 e. The van der Waals surface area contributed by atoms with Crippen molar-refractivity contribution >= 4 is 11.9 Å². The van der Waals surface area contributed by atoms with Crippen molar-refractivity contribution in [3.8, 4) is 5.75 Å². The molecule has 0 saturated carbocycles. The van der Waals surface area contributed by atoms with Crippen molar-refractivity contribution in [1.82, 2.24) is 5.32 Å². The van der Waals surface area contributed by atoms with E-state index in [0.717, 1.165) is 0 Å². The zero-order chi connectivity index (χ0) is 15.2. The predicted molar refractivity (Wildman–Crippen MR) is 75.5 cm³/mol. The van der Waals surface area contributed by atoms with Gasteiger partial charge < -0.3 is 15.2 Å². The SMILES string of the molecule is CC(C)(C)C(C(=O)O)C(=O)NCCOc1ccccc1. The van der Waals surface area contributed by atoms with Gasteiger partial charge in [-0.15, -0.1) is 0 Å². The molecule has 0 fully saturated rings. The summed E-state index contributed by atoms with van der Waals surface area (Å²) < 4.78 is 5.42. The van der Waals surface area contributed by atoms with Crippen LogP contribution in [0.25, 0.3) is 0 Å². The molecule has 20 heavy (non-hydrogen) atoms. The quantitative estimate of drug-likeness (QED) is 0.616. The van der Waals surface area contributed by atoms with E-state index in [2.05, 4.69) is 5.32 Å². The highest BCUT2D eigenvalue weighted by Gasteiger charge is 2.37. The van der Waals surface area contributed by atoms with Gasteiger partial charge in [0.15, 0.2) is 0 Å². The van der Waals surface area contributed by atoms with E-state index in [4.69, 9.17) is 9.84 Å². The number of nitrogens with one attached hydrogen (secondary N) is 1. The van der Waals surface area contributed by atoms with Crippen LogP contribution >= 0.6 is 0 Å². The zero-order valence-electron chi connectivity index (χ0n) is 12.1. The van der Waals surface area contributed by atoms with Gasteiger partial charge in [0.1, 0.15) is 18.3 Å². The molecule has 0 spiro atoms. The largest absolute Gasteiger partial charge is 0.492 e. The Morgan fingerprint density at radius 1 is 1.25 bits per heavy atom. The summed E-state index contributed by atoms with van der Waals surface area (Å²) in [5.41, 5.74) is -0.629. The highest BCUT2D eigenvalue weighted by Crippen LogP contribution is 2.26. The Bertz CT molecular complexity index is 451. The second-order valence-corrected chi connectivity index (χ2v) is 5.59. The molecule has 0 aliphatic carbocycles. The number of aliphatic carboxylic acids is 1. The van der Waals surface area contributed by atoms with Crippen molar-refractivity contribution in [1.29, 1.82) is 0 Å². The Kier molecular flexibility index (Phi) is 5.55. The standard InChI is InChI=1S/C15H21NO4/c1-15(2,3)12(14(18)19)13(17)16-9-10-20-11-7-5-4-6-8-11/h4-8,12H,9-10H2,1-3H3,(H,16,17)(H,18,19). The second kappa shape index (κ2) is 6.93. The van der Waals surface area contributed by atoms with Crippen LogP contribution in [0.3, 0.4) is 0 Å². The number of para-hydroxylation sites is 1. The van der Waals surface area contributed by atoms with Gasteiger partial charge in [-0.2, -0.15) is 0 Å². The van der Waals surface area contributed by atoms with Crippen LogP contribution in [0.5, 0.6) is 5.75 Å². The molecule has 0 heterocycles. The third-order valence-corrected chi connectivity index (χ3v) is 2.79. The highest BCUT2D eigenvalue weighted by molar-refractivity contribution is 5.97. The summed E-state index contributed by atoms with van der Waals surface area (Å²) in [4.78, 5) is 23.0. The molecule has 0 aliphatic heterocycles. The first-order chi connectivity index (χ1) is 9.32. The second-order valence-electron chi connectivity index (χ2n) is 5.59. The first-order valence-electron chi connectivity index (χ1n) is 6.50. The van der Waals surface area contributed by atoms with Gasteiger partial charge in [0.25, 0.3) is 0 Å². The van der Waals surface area contributed by atoms with Gasteiger partial charge in [-0.25, -0.2) is 0 Å². The van der Waals surface area contributed by atoms with Crippen LogP contribution < -0.4 is 10.1 Å². The lowest BCUT2D eigenvalue weighted by molar-refractivity contribution is -0.151. The van der Waals surface area contributed by atoms with E-state index in [1.54, 1.807) is 20.8 Å². The van der Waals surface area contributed by atoms with Crippen LogP contribution in [-0.2, 0) is 9.59 Å². The third kappa shape index (κ3) is 4.91. The zero-order valence-corrected chi connectivity index (χ0v) is 12.1. The number of hydrogen-bond donors (Lipinski definition) is 2. The number of carbonyl (C=O) groups is 2. The molecule has 1 atom stereocenters. The average molecular weight is 279 g/mol. The van der Waals surface area contributed by atoms with Gasteiger partial charge in [0.05, 0.1) is 6.54 Å². The molecule has 0 bridgehead atoms. The summed E-state index contributed by atoms with van der Waals surface area (Å²) in [6.45, 7) is 5.75. The Balaban J connectivity index is 2.41. The smallest absolute Gasteiger partial charge is 0.316 e. The Labute approximate surface area is 118 Å². The van der Waals surface area contributed by atoms with Gasteiger partial charge in [0.2, 0.25) is 5.91 Å². The van der Waals surface area contributed by atoms with Crippen LogP contribution in [-0.4, -0.2) is 30.1 Å². The van der Waals surface area contributed by atoms with E-state index in [1.807, 2.05) is 30.3 Å². The molecule has 1 amide bonds. The number of carbonyl (C=O) groups excluding carboxylic acids is 1. The summed E-state index contributed by atoms with van der Waals surface area (Å²) in [5, 5.41) is 11.7. The topological polar surface area (TPSA) is 75.6 Å². The molecule has 0 saturated heterocycles. The summed E-state index contributed by atoms with van der Waals surface area (Å²) in [6.07, 6.45) is 0. The van der Waals surface area contributed by atoms with Crippen molar-refractivity contribution in [3.05, 3.63) is 30.3 Å². The highest BCUT2D eigenvalue weighted by atomic mass is 16.5. The number of carboxylic acid groups (broad SMARTS) is 1. The van der Waals surface area contributed by atoms with E-state index >= 15 is 0 Å².